The molecule has 0 saturated heterocycles. The van der Waals surface area contributed by atoms with Crippen LogP contribution in [0.3, 0.4) is 0 Å². The first-order valence-electron chi connectivity index (χ1n) is 8.31. The molecule has 0 aromatic carbocycles. The fourth-order valence-electron chi connectivity index (χ4n) is 2.10. The zero-order valence-corrected chi connectivity index (χ0v) is 17.8. The summed E-state index contributed by atoms with van der Waals surface area (Å²) in [6.45, 7) is 1.62. The third-order valence-electron chi connectivity index (χ3n) is 3.39. The molecular formula is C16H30KN2O4. The number of carboxylic acids is 1. The van der Waals surface area contributed by atoms with Gasteiger partial charge in [-0.15, -0.1) is 0 Å². The zero-order valence-electron chi connectivity index (χ0n) is 14.7. The van der Waals surface area contributed by atoms with Gasteiger partial charge in [-0.25, -0.2) is 0 Å². The van der Waals surface area contributed by atoms with Crippen LogP contribution >= 0.6 is 0 Å². The minimum absolute atomic E-state index is 0. The first-order valence-corrected chi connectivity index (χ1v) is 8.31. The molecule has 0 aliphatic heterocycles. The third kappa shape index (κ3) is 20.0. The number of rotatable bonds is 14. The Balaban J connectivity index is 0. The van der Waals surface area contributed by atoms with Crippen molar-refractivity contribution in [2.75, 3.05) is 13.1 Å². The predicted octanol–water partition coefficient (Wildman–Crippen LogP) is 1.84. The van der Waals surface area contributed by atoms with Crippen molar-refractivity contribution in [1.29, 1.82) is 0 Å². The van der Waals surface area contributed by atoms with Crippen LogP contribution in [0.5, 0.6) is 0 Å². The zero-order chi connectivity index (χ0) is 16.6. The molecule has 0 saturated carbocycles. The van der Waals surface area contributed by atoms with E-state index in [-0.39, 0.29) is 63.8 Å². The molecule has 0 spiro atoms. The van der Waals surface area contributed by atoms with Crippen LogP contribution in [0, 0.1) is 0 Å². The molecule has 0 unspecified atom stereocenters. The summed E-state index contributed by atoms with van der Waals surface area (Å²) in [6.07, 6.45) is 11.1. The van der Waals surface area contributed by atoms with E-state index < -0.39 is 18.4 Å². The van der Waals surface area contributed by atoms with Crippen LogP contribution in [0.4, 0.5) is 0 Å². The molecule has 0 heterocycles. The van der Waals surface area contributed by atoms with Crippen molar-refractivity contribution in [1.82, 2.24) is 10.6 Å². The van der Waals surface area contributed by atoms with Crippen molar-refractivity contribution < 1.29 is 19.5 Å². The average Bonchev–Trinajstić information content (AvgIpc) is 2.49. The Morgan fingerprint density at radius 1 is 0.739 bits per heavy atom. The van der Waals surface area contributed by atoms with E-state index in [2.05, 4.69) is 17.6 Å². The largest absolute Gasteiger partial charge is 0.480 e. The van der Waals surface area contributed by atoms with Gasteiger partial charge in [0.2, 0.25) is 11.8 Å². The van der Waals surface area contributed by atoms with Gasteiger partial charge in [-0.1, -0.05) is 58.3 Å². The van der Waals surface area contributed by atoms with Gasteiger partial charge in [0, 0.05) is 57.8 Å². The average molecular weight is 354 g/mol. The number of carbonyl (C=O) groups is 3. The van der Waals surface area contributed by atoms with Crippen LogP contribution in [0.2, 0.25) is 0 Å². The molecule has 3 N–H and O–H groups in total. The predicted molar refractivity (Wildman–Crippen MR) is 91.3 cm³/mol. The Bertz CT molecular complexity index is 338. The molecule has 1 radical (unpaired) electrons. The number of hydrogen-bond donors (Lipinski definition) is 3. The monoisotopic (exact) mass is 353 g/mol. The molecule has 129 valence electrons. The Kier molecular flexibility index (Phi) is 20.2. The number of hydrogen-bond acceptors (Lipinski definition) is 3. The summed E-state index contributed by atoms with van der Waals surface area (Å²) in [5.41, 5.74) is 0. The third-order valence-corrected chi connectivity index (χ3v) is 3.39. The quantitative estimate of drug-likeness (QED) is 0.328. The summed E-state index contributed by atoms with van der Waals surface area (Å²) in [5.74, 6) is -1.74. The van der Waals surface area contributed by atoms with Gasteiger partial charge in [0.05, 0.1) is 6.54 Å². The second-order valence-corrected chi connectivity index (χ2v) is 5.53. The second-order valence-electron chi connectivity index (χ2n) is 5.53. The van der Waals surface area contributed by atoms with E-state index in [0.29, 0.717) is 6.42 Å². The fraction of sp³-hybridized carbons (Fsp3) is 0.812. The minimum atomic E-state index is -1.10. The van der Waals surface area contributed by atoms with Gasteiger partial charge in [0.25, 0.3) is 0 Å². The van der Waals surface area contributed by atoms with E-state index in [1.165, 1.54) is 38.5 Å². The van der Waals surface area contributed by atoms with Gasteiger partial charge >= 0.3 is 5.97 Å². The van der Waals surface area contributed by atoms with Crippen LogP contribution in [0.1, 0.15) is 71.1 Å². The standard InChI is InChI=1S/C16H30N2O4.K/c1-2-3-4-5-6-7-8-9-10-11-14(19)17-12-15(20)18-13-16(21)22;/h2-13H2,1H3,(H,17,19)(H,18,20)(H,21,22);. The molecule has 0 atom stereocenters. The van der Waals surface area contributed by atoms with Crippen molar-refractivity contribution in [3.05, 3.63) is 0 Å². The minimum Gasteiger partial charge on any atom is -0.480 e. The normalized spacial score (nSPS) is 9.78. The van der Waals surface area contributed by atoms with E-state index in [9.17, 15) is 14.4 Å². The maximum Gasteiger partial charge on any atom is 0.322 e. The molecule has 6 nitrogen and oxygen atoms in total. The second kappa shape index (κ2) is 18.4. The summed E-state index contributed by atoms with van der Waals surface area (Å²) < 4.78 is 0. The molecule has 23 heavy (non-hydrogen) atoms. The SMILES string of the molecule is CCCCCCCCCCCC(=O)NCC(=O)NCC(=O)O.[K]. The molecule has 0 bridgehead atoms. The summed E-state index contributed by atoms with van der Waals surface area (Å²) in [4.78, 5) is 32.9. The van der Waals surface area contributed by atoms with Gasteiger partial charge in [-0.05, 0) is 6.42 Å². The summed E-state index contributed by atoms with van der Waals surface area (Å²) in [7, 11) is 0. The van der Waals surface area contributed by atoms with Crippen LogP contribution in [0.15, 0.2) is 0 Å². The molecule has 7 heteroatoms. The topological polar surface area (TPSA) is 95.5 Å². The molecule has 0 aromatic rings. The van der Waals surface area contributed by atoms with E-state index in [1.54, 1.807) is 0 Å². The summed E-state index contributed by atoms with van der Waals surface area (Å²) >= 11 is 0. The van der Waals surface area contributed by atoms with Crippen LogP contribution in [-0.4, -0.2) is 87.4 Å². The Labute approximate surface area is 182 Å². The van der Waals surface area contributed by atoms with Crippen molar-refractivity contribution in [3.63, 3.8) is 0 Å². The molecule has 0 aromatic heterocycles. The Morgan fingerprint density at radius 2 is 1.22 bits per heavy atom. The molecular weight excluding hydrogens is 323 g/mol. The Morgan fingerprint density at radius 3 is 1.74 bits per heavy atom. The van der Waals surface area contributed by atoms with Crippen molar-refractivity contribution in [2.24, 2.45) is 0 Å². The van der Waals surface area contributed by atoms with Crippen LogP contribution in [0.25, 0.3) is 0 Å². The summed E-state index contributed by atoms with van der Waals surface area (Å²) in [5, 5.41) is 13.1. The molecule has 2 amide bonds. The van der Waals surface area contributed by atoms with Gasteiger partial charge in [0.15, 0.2) is 0 Å². The first kappa shape index (κ1) is 25.3. The van der Waals surface area contributed by atoms with E-state index in [0.717, 1.165) is 19.3 Å². The fourth-order valence-corrected chi connectivity index (χ4v) is 2.10. The van der Waals surface area contributed by atoms with Gasteiger partial charge < -0.3 is 15.7 Å². The van der Waals surface area contributed by atoms with Crippen LogP contribution in [-0.2, 0) is 14.4 Å². The van der Waals surface area contributed by atoms with Gasteiger partial charge in [-0.3, -0.25) is 14.4 Å². The van der Waals surface area contributed by atoms with Gasteiger partial charge in [-0.2, -0.15) is 0 Å². The molecule has 0 fully saturated rings. The number of unbranched alkanes of at least 4 members (excludes halogenated alkanes) is 8. The molecule has 0 rings (SSSR count). The first-order chi connectivity index (χ1) is 10.6. The molecule has 0 aliphatic rings. The maximum absolute atomic E-state index is 11.5. The number of carboxylic acid groups (broad SMARTS) is 1. The number of aliphatic carboxylic acids is 1. The van der Waals surface area contributed by atoms with E-state index in [4.69, 9.17) is 5.11 Å². The van der Waals surface area contributed by atoms with Gasteiger partial charge in [0.1, 0.15) is 6.54 Å². The van der Waals surface area contributed by atoms with E-state index >= 15 is 0 Å². The number of amides is 2. The van der Waals surface area contributed by atoms with Crippen molar-refractivity contribution in [3.8, 4) is 0 Å². The van der Waals surface area contributed by atoms with Crippen LogP contribution < -0.4 is 10.6 Å². The molecule has 0 aliphatic carbocycles. The van der Waals surface area contributed by atoms with E-state index in [1.807, 2.05) is 0 Å². The summed E-state index contributed by atoms with van der Waals surface area (Å²) in [6, 6.07) is 0. The number of nitrogens with one attached hydrogen (secondary N) is 2. The van der Waals surface area contributed by atoms with Crippen molar-refractivity contribution in [2.45, 2.75) is 71.1 Å². The smallest absolute Gasteiger partial charge is 0.322 e. The number of carbonyl (C=O) groups excluding carboxylic acids is 2. The van der Waals surface area contributed by atoms with Crippen molar-refractivity contribution >= 4 is 69.2 Å². The Hall–Kier alpha value is 0.0464. The maximum atomic E-state index is 11.5.